The van der Waals surface area contributed by atoms with Gasteiger partial charge in [0.1, 0.15) is 0 Å². The molecule has 0 saturated carbocycles. The average molecular weight is 297 g/mol. The summed E-state index contributed by atoms with van der Waals surface area (Å²) in [7, 11) is 0. The molecule has 1 aromatic heterocycles. The third-order valence-corrected chi connectivity index (χ3v) is 3.83. The van der Waals surface area contributed by atoms with Crippen molar-refractivity contribution >= 4 is 23.7 Å². The lowest BCUT2D eigenvalue weighted by Crippen LogP contribution is -2.28. The van der Waals surface area contributed by atoms with E-state index in [1.54, 1.807) is 0 Å². The molecule has 1 fully saturated rings. The van der Waals surface area contributed by atoms with Gasteiger partial charge in [0.2, 0.25) is 11.9 Å². The first-order valence-electron chi connectivity index (χ1n) is 7.18. The number of hydrogen-bond acceptors (Lipinski definition) is 7. The van der Waals surface area contributed by atoms with Gasteiger partial charge in [0.15, 0.2) is 0 Å². The van der Waals surface area contributed by atoms with Gasteiger partial charge >= 0.3 is 6.01 Å². The SMILES string of the molecule is CCNc1nc(OC(C)C)nc(N2CCCSCC2)n1. The standard InChI is InChI=1S/C13H23N5OS/c1-4-14-11-15-12(17-13(16-11)19-10(2)3)18-6-5-8-20-9-7-18/h10H,4-9H2,1-3H3,(H,14,15,16,17). The summed E-state index contributed by atoms with van der Waals surface area (Å²) < 4.78 is 5.63. The van der Waals surface area contributed by atoms with Gasteiger partial charge in [-0.1, -0.05) is 0 Å². The molecule has 0 unspecified atom stereocenters. The Morgan fingerprint density at radius 1 is 1.25 bits per heavy atom. The van der Waals surface area contributed by atoms with E-state index in [1.165, 1.54) is 5.75 Å². The van der Waals surface area contributed by atoms with E-state index in [0.717, 1.165) is 31.8 Å². The Labute approximate surface area is 124 Å². The minimum atomic E-state index is 0.0550. The summed E-state index contributed by atoms with van der Waals surface area (Å²) in [6.07, 6.45) is 1.21. The van der Waals surface area contributed by atoms with E-state index in [4.69, 9.17) is 4.74 Å². The van der Waals surface area contributed by atoms with Crippen molar-refractivity contribution in [1.82, 2.24) is 15.0 Å². The van der Waals surface area contributed by atoms with Crippen LogP contribution in [-0.2, 0) is 0 Å². The molecule has 0 aromatic carbocycles. The van der Waals surface area contributed by atoms with Crippen molar-refractivity contribution in [2.24, 2.45) is 0 Å². The van der Waals surface area contributed by atoms with Gasteiger partial charge in [-0.2, -0.15) is 26.7 Å². The highest BCUT2D eigenvalue weighted by atomic mass is 32.2. The molecule has 6 nitrogen and oxygen atoms in total. The van der Waals surface area contributed by atoms with E-state index in [0.29, 0.717) is 17.9 Å². The Balaban J connectivity index is 2.22. The summed E-state index contributed by atoms with van der Waals surface area (Å²) >= 11 is 1.98. The number of thioether (sulfide) groups is 1. The lowest BCUT2D eigenvalue weighted by molar-refractivity contribution is 0.222. The van der Waals surface area contributed by atoms with Crippen LogP contribution in [0.2, 0.25) is 0 Å². The summed E-state index contributed by atoms with van der Waals surface area (Å²) in [6.45, 7) is 8.71. The van der Waals surface area contributed by atoms with Crippen molar-refractivity contribution in [1.29, 1.82) is 0 Å². The first kappa shape index (κ1) is 15.2. The molecule has 1 aliphatic rings. The number of nitrogens with one attached hydrogen (secondary N) is 1. The first-order chi connectivity index (χ1) is 9.69. The van der Waals surface area contributed by atoms with Gasteiger partial charge in [0, 0.05) is 25.4 Å². The van der Waals surface area contributed by atoms with Gasteiger partial charge in [-0.15, -0.1) is 0 Å². The van der Waals surface area contributed by atoms with Crippen LogP contribution < -0.4 is 15.0 Å². The topological polar surface area (TPSA) is 63.2 Å². The van der Waals surface area contributed by atoms with Crippen LogP contribution in [0.25, 0.3) is 0 Å². The van der Waals surface area contributed by atoms with Crippen LogP contribution in [0, 0.1) is 0 Å². The summed E-state index contributed by atoms with van der Waals surface area (Å²) in [4.78, 5) is 15.5. The van der Waals surface area contributed by atoms with Gasteiger partial charge in [-0.3, -0.25) is 0 Å². The van der Waals surface area contributed by atoms with Crippen LogP contribution in [0.3, 0.4) is 0 Å². The fraction of sp³-hybridized carbons (Fsp3) is 0.769. The lowest BCUT2D eigenvalue weighted by Gasteiger charge is -2.21. The molecule has 2 rings (SSSR count). The third kappa shape index (κ3) is 4.40. The monoisotopic (exact) mass is 297 g/mol. The number of nitrogens with zero attached hydrogens (tertiary/aromatic N) is 4. The second kappa shape index (κ2) is 7.52. The largest absolute Gasteiger partial charge is 0.461 e. The molecule has 0 spiro atoms. The Morgan fingerprint density at radius 2 is 2.10 bits per heavy atom. The predicted molar refractivity (Wildman–Crippen MR) is 83.9 cm³/mol. The molecule has 1 N–H and O–H groups in total. The van der Waals surface area contributed by atoms with Crippen LogP contribution in [0.1, 0.15) is 27.2 Å². The first-order valence-corrected chi connectivity index (χ1v) is 8.33. The molecule has 20 heavy (non-hydrogen) atoms. The van der Waals surface area contributed by atoms with Crippen LogP contribution in [-0.4, -0.2) is 52.2 Å². The van der Waals surface area contributed by atoms with Gasteiger partial charge < -0.3 is 15.0 Å². The van der Waals surface area contributed by atoms with E-state index in [-0.39, 0.29) is 6.10 Å². The zero-order valence-corrected chi connectivity index (χ0v) is 13.2. The number of anilines is 2. The molecule has 1 saturated heterocycles. The second-order valence-corrected chi connectivity index (χ2v) is 6.12. The molecule has 7 heteroatoms. The molecule has 0 aliphatic carbocycles. The van der Waals surface area contributed by atoms with Crippen molar-refractivity contribution in [2.45, 2.75) is 33.3 Å². The average Bonchev–Trinajstić information content (AvgIpc) is 2.66. The Bertz CT molecular complexity index is 421. The van der Waals surface area contributed by atoms with Gasteiger partial charge in [0.05, 0.1) is 6.10 Å². The Morgan fingerprint density at radius 3 is 2.85 bits per heavy atom. The highest BCUT2D eigenvalue weighted by Crippen LogP contribution is 2.19. The van der Waals surface area contributed by atoms with Crippen LogP contribution in [0.4, 0.5) is 11.9 Å². The quantitative estimate of drug-likeness (QED) is 0.892. The van der Waals surface area contributed by atoms with E-state index in [1.807, 2.05) is 32.5 Å². The maximum absolute atomic E-state index is 5.63. The number of rotatable bonds is 5. The summed E-state index contributed by atoms with van der Waals surface area (Å²) in [5.41, 5.74) is 0. The fourth-order valence-corrected chi connectivity index (χ4v) is 2.82. The van der Waals surface area contributed by atoms with Gasteiger partial charge in [0.25, 0.3) is 0 Å². The molecular formula is C13H23N5OS. The lowest BCUT2D eigenvalue weighted by atomic mass is 10.4. The maximum atomic E-state index is 5.63. The summed E-state index contributed by atoms with van der Waals surface area (Å²) in [5.74, 6) is 3.62. The minimum absolute atomic E-state index is 0.0550. The number of aromatic nitrogens is 3. The van der Waals surface area contributed by atoms with Gasteiger partial charge in [-0.05, 0) is 32.9 Å². The summed E-state index contributed by atoms with van der Waals surface area (Å²) in [6, 6.07) is 0.401. The maximum Gasteiger partial charge on any atom is 0.323 e. The fourth-order valence-electron chi connectivity index (χ4n) is 1.93. The van der Waals surface area contributed by atoms with Crippen molar-refractivity contribution in [3.63, 3.8) is 0 Å². The normalized spacial score (nSPS) is 16.1. The highest BCUT2D eigenvalue weighted by molar-refractivity contribution is 7.99. The van der Waals surface area contributed by atoms with E-state index < -0.39 is 0 Å². The molecule has 1 aromatic rings. The van der Waals surface area contributed by atoms with Crippen LogP contribution in [0.15, 0.2) is 0 Å². The molecule has 0 atom stereocenters. The van der Waals surface area contributed by atoms with Crippen molar-refractivity contribution in [2.75, 3.05) is 41.4 Å². The van der Waals surface area contributed by atoms with Crippen molar-refractivity contribution in [3.8, 4) is 6.01 Å². The van der Waals surface area contributed by atoms with Crippen LogP contribution >= 0.6 is 11.8 Å². The van der Waals surface area contributed by atoms with E-state index >= 15 is 0 Å². The molecule has 0 radical (unpaired) electrons. The van der Waals surface area contributed by atoms with E-state index in [9.17, 15) is 0 Å². The molecule has 2 heterocycles. The zero-order chi connectivity index (χ0) is 14.4. The molecule has 0 amide bonds. The number of ether oxygens (including phenoxy) is 1. The molecule has 1 aliphatic heterocycles. The van der Waals surface area contributed by atoms with E-state index in [2.05, 4.69) is 25.2 Å². The third-order valence-electron chi connectivity index (χ3n) is 2.78. The number of hydrogen-bond donors (Lipinski definition) is 1. The van der Waals surface area contributed by atoms with Crippen molar-refractivity contribution in [3.05, 3.63) is 0 Å². The minimum Gasteiger partial charge on any atom is -0.461 e. The van der Waals surface area contributed by atoms with Crippen molar-refractivity contribution < 1.29 is 4.74 Å². The second-order valence-electron chi connectivity index (χ2n) is 4.89. The van der Waals surface area contributed by atoms with Gasteiger partial charge in [-0.25, -0.2) is 0 Å². The smallest absolute Gasteiger partial charge is 0.323 e. The Kier molecular flexibility index (Phi) is 5.70. The zero-order valence-electron chi connectivity index (χ0n) is 12.4. The highest BCUT2D eigenvalue weighted by Gasteiger charge is 2.16. The Hall–Kier alpha value is -1.24. The molecule has 112 valence electrons. The predicted octanol–water partition coefficient (Wildman–Crippen LogP) is 2.03. The molecular weight excluding hydrogens is 274 g/mol. The van der Waals surface area contributed by atoms with Crippen LogP contribution in [0.5, 0.6) is 6.01 Å². The summed E-state index contributed by atoms with van der Waals surface area (Å²) in [5, 5.41) is 3.14. The molecule has 0 bridgehead atoms.